The predicted molar refractivity (Wildman–Crippen MR) is 78.7 cm³/mol. The summed E-state index contributed by atoms with van der Waals surface area (Å²) in [5.41, 5.74) is 1.97. The summed E-state index contributed by atoms with van der Waals surface area (Å²) in [6, 6.07) is 8.79. The molecule has 0 radical (unpaired) electrons. The van der Waals surface area contributed by atoms with Gasteiger partial charge in [-0.25, -0.2) is 4.79 Å². The van der Waals surface area contributed by atoms with Crippen molar-refractivity contribution in [3.05, 3.63) is 42.1 Å². The first-order valence-corrected chi connectivity index (χ1v) is 6.55. The molecule has 2 rings (SSSR count). The molecule has 21 heavy (non-hydrogen) atoms. The normalized spacial score (nSPS) is 10.0. The van der Waals surface area contributed by atoms with Gasteiger partial charge >= 0.3 is 5.97 Å². The monoisotopic (exact) mass is 287 g/mol. The Kier molecular flexibility index (Phi) is 4.77. The van der Waals surface area contributed by atoms with Crippen LogP contribution in [0.15, 0.2) is 36.5 Å². The zero-order valence-electron chi connectivity index (χ0n) is 12.3. The Balaban J connectivity index is 2.38. The highest BCUT2D eigenvalue weighted by Crippen LogP contribution is 2.31. The van der Waals surface area contributed by atoms with Crippen molar-refractivity contribution in [2.75, 3.05) is 20.8 Å². The Morgan fingerprint density at radius 1 is 1.10 bits per heavy atom. The molecule has 0 aliphatic carbocycles. The number of benzene rings is 1. The average molecular weight is 287 g/mol. The molecule has 0 amide bonds. The van der Waals surface area contributed by atoms with Crippen molar-refractivity contribution in [2.24, 2.45) is 0 Å². The number of pyridine rings is 1. The predicted octanol–water partition coefficient (Wildman–Crippen LogP) is 2.94. The molecule has 0 bridgehead atoms. The van der Waals surface area contributed by atoms with Crippen LogP contribution >= 0.6 is 0 Å². The van der Waals surface area contributed by atoms with Gasteiger partial charge in [0, 0.05) is 11.8 Å². The number of esters is 1. The SMILES string of the molecule is CCOC(=O)c1ccnc(-c2ccc(OC)c(OC)c2)c1. The lowest BCUT2D eigenvalue weighted by Gasteiger charge is -2.10. The average Bonchev–Trinajstić information content (AvgIpc) is 2.54. The Labute approximate surface area is 123 Å². The van der Waals surface area contributed by atoms with E-state index in [0.29, 0.717) is 29.4 Å². The molecule has 0 saturated carbocycles. The minimum Gasteiger partial charge on any atom is -0.493 e. The second kappa shape index (κ2) is 6.74. The number of carbonyl (C=O) groups is 1. The van der Waals surface area contributed by atoms with Crippen molar-refractivity contribution in [3.8, 4) is 22.8 Å². The van der Waals surface area contributed by atoms with Crippen molar-refractivity contribution < 1.29 is 19.0 Å². The molecule has 1 aromatic carbocycles. The molecule has 2 aromatic rings. The first-order valence-electron chi connectivity index (χ1n) is 6.55. The van der Waals surface area contributed by atoms with Crippen LogP contribution in [-0.4, -0.2) is 31.8 Å². The third kappa shape index (κ3) is 3.31. The molecule has 0 spiro atoms. The number of nitrogens with zero attached hydrogens (tertiary/aromatic N) is 1. The van der Waals surface area contributed by atoms with Gasteiger partial charge in [0.05, 0.1) is 32.1 Å². The quantitative estimate of drug-likeness (QED) is 0.791. The van der Waals surface area contributed by atoms with Crippen LogP contribution in [0.25, 0.3) is 11.3 Å². The fraction of sp³-hybridized carbons (Fsp3) is 0.250. The van der Waals surface area contributed by atoms with Gasteiger partial charge in [0.1, 0.15) is 0 Å². The third-order valence-corrected chi connectivity index (χ3v) is 2.95. The number of rotatable bonds is 5. The first-order chi connectivity index (χ1) is 10.2. The van der Waals surface area contributed by atoms with Gasteiger partial charge in [-0.05, 0) is 37.3 Å². The number of hydrogen-bond donors (Lipinski definition) is 0. The van der Waals surface area contributed by atoms with E-state index >= 15 is 0 Å². The van der Waals surface area contributed by atoms with E-state index in [-0.39, 0.29) is 5.97 Å². The fourth-order valence-electron chi connectivity index (χ4n) is 1.93. The van der Waals surface area contributed by atoms with Crippen LogP contribution < -0.4 is 9.47 Å². The molecule has 0 N–H and O–H groups in total. The van der Waals surface area contributed by atoms with Crippen molar-refractivity contribution >= 4 is 5.97 Å². The highest BCUT2D eigenvalue weighted by molar-refractivity contribution is 5.90. The Hall–Kier alpha value is -2.56. The van der Waals surface area contributed by atoms with Crippen LogP contribution in [0.2, 0.25) is 0 Å². The summed E-state index contributed by atoms with van der Waals surface area (Å²) >= 11 is 0. The lowest BCUT2D eigenvalue weighted by molar-refractivity contribution is 0.0526. The van der Waals surface area contributed by atoms with Crippen LogP contribution in [0.5, 0.6) is 11.5 Å². The van der Waals surface area contributed by atoms with Gasteiger partial charge in [0.25, 0.3) is 0 Å². The summed E-state index contributed by atoms with van der Waals surface area (Å²) in [5, 5.41) is 0. The largest absolute Gasteiger partial charge is 0.493 e. The van der Waals surface area contributed by atoms with Crippen molar-refractivity contribution in [3.63, 3.8) is 0 Å². The summed E-state index contributed by atoms with van der Waals surface area (Å²) < 4.78 is 15.5. The molecule has 110 valence electrons. The summed E-state index contributed by atoms with van der Waals surface area (Å²) in [7, 11) is 3.15. The van der Waals surface area contributed by atoms with Crippen LogP contribution in [-0.2, 0) is 4.74 Å². The number of aromatic nitrogens is 1. The molecule has 0 aliphatic heterocycles. The summed E-state index contributed by atoms with van der Waals surface area (Å²) in [6.07, 6.45) is 1.58. The topological polar surface area (TPSA) is 57.7 Å². The van der Waals surface area contributed by atoms with Crippen molar-refractivity contribution in [2.45, 2.75) is 6.92 Å². The molecule has 1 aromatic heterocycles. The van der Waals surface area contributed by atoms with Crippen LogP contribution in [0.3, 0.4) is 0 Å². The molecule has 0 saturated heterocycles. The zero-order chi connectivity index (χ0) is 15.2. The molecular formula is C16H17NO4. The van der Waals surface area contributed by atoms with Crippen LogP contribution in [0.1, 0.15) is 17.3 Å². The maximum Gasteiger partial charge on any atom is 0.338 e. The van der Waals surface area contributed by atoms with E-state index in [1.165, 1.54) is 0 Å². The van der Waals surface area contributed by atoms with Gasteiger partial charge in [-0.3, -0.25) is 4.98 Å². The van der Waals surface area contributed by atoms with Gasteiger partial charge in [-0.1, -0.05) is 0 Å². The lowest BCUT2D eigenvalue weighted by Crippen LogP contribution is -2.05. The third-order valence-electron chi connectivity index (χ3n) is 2.95. The number of hydrogen-bond acceptors (Lipinski definition) is 5. The maximum absolute atomic E-state index is 11.8. The van der Waals surface area contributed by atoms with Gasteiger partial charge in [0.15, 0.2) is 11.5 Å². The highest BCUT2D eigenvalue weighted by atomic mass is 16.5. The van der Waals surface area contributed by atoms with Gasteiger partial charge < -0.3 is 14.2 Å². The van der Waals surface area contributed by atoms with E-state index in [1.807, 2.05) is 12.1 Å². The maximum atomic E-state index is 11.8. The van der Waals surface area contributed by atoms with Crippen molar-refractivity contribution in [1.82, 2.24) is 4.98 Å². The molecule has 5 nitrogen and oxygen atoms in total. The first kappa shape index (κ1) is 14.8. The van der Waals surface area contributed by atoms with Gasteiger partial charge in [-0.15, -0.1) is 0 Å². The molecule has 0 fully saturated rings. The molecule has 5 heteroatoms. The number of methoxy groups -OCH3 is 2. The molecule has 0 unspecified atom stereocenters. The summed E-state index contributed by atoms with van der Waals surface area (Å²) in [6.45, 7) is 2.11. The van der Waals surface area contributed by atoms with Crippen LogP contribution in [0, 0.1) is 0 Å². The van der Waals surface area contributed by atoms with Gasteiger partial charge in [0.2, 0.25) is 0 Å². The second-order valence-corrected chi connectivity index (χ2v) is 4.22. The fourth-order valence-corrected chi connectivity index (χ4v) is 1.93. The minimum atomic E-state index is -0.360. The van der Waals surface area contributed by atoms with Crippen LogP contribution in [0.4, 0.5) is 0 Å². The van der Waals surface area contributed by atoms with Crippen molar-refractivity contribution in [1.29, 1.82) is 0 Å². The molecular weight excluding hydrogens is 270 g/mol. The van der Waals surface area contributed by atoms with Gasteiger partial charge in [-0.2, -0.15) is 0 Å². The smallest absolute Gasteiger partial charge is 0.338 e. The Morgan fingerprint density at radius 3 is 2.52 bits per heavy atom. The highest BCUT2D eigenvalue weighted by Gasteiger charge is 2.11. The van der Waals surface area contributed by atoms with E-state index in [9.17, 15) is 4.79 Å². The summed E-state index contributed by atoms with van der Waals surface area (Å²) in [4.78, 5) is 16.0. The Bertz CT molecular complexity index is 640. The lowest BCUT2D eigenvalue weighted by atomic mass is 10.1. The number of carbonyl (C=O) groups excluding carboxylic acids is 1. The zero-order valence-corrected chi connectivity index (χ0v) is 12.3. The Morgan fingerprint density at radius 2 is 1.86 bits per heavy atom. The van der Waals surface area contributed by atoms with E-state index in [2.05, 4.69) is 4.98 Å². The van der Waals surface area contributed by atoms with E-state index in [0.717, 1.165) is 5.56 Å². The van der Waals surface area contributed by atoms with E-state index < -0.39 is 0 Å². The van der Waals surface area contributed by atoms with E-state index in [1.54, 1.807) is 45.5 Å². The molecule has 0 atom stereocenters. The molecule has 0 aliphatic rings. The molecule has 1 heterocycles. The van der Waals surface area contributed by atoms with E-state index in [4.69, 9.17) is 14.2 Å². The second-order valence-electron chi connectivity index (χ2n) is 4.22. The number of ether oxygens (including phenoxy) is 3. The standard InChI is InChI=1S/C16H17NO4/c1-4-21-16(18)12-7-8-17-13(9-12)11-5-6-14(19-2)15(10-11)20-3/h5-10H,4H2,1-3H3. The minimum absolute atomic E-state index is 0.340. The summed E-state index contributed by atoms with van der Waals surface area (Å²) in [5.74, 6) is 0.891.